The van der Waals surface area contributed by atoms with E-state index in [2.05, 4.69) is 4.98 Å². The van der Waals surface area contributed by atoms with Gasteiger partial charge in [-0.3, -0.25) is 9.20 Å². The second-order valence-corrected chi connectivity index (χ2v) is 4.59. The smallest absolute Gasteiger partial charge is 0.194 e. The second kappa shape index (κ2) is 4.27. The standard InChI is InChI=1S/C13H10N2O2S/c1-17-12-5-3-2-4-10(12)11-8-18-13-14-9(7-16)6-15(11)13/h2-8H,1H3. The molecule has 0 aliphatic carbocycles. The number of carbonyl (C=O) groups is 1. The number of hydrogen-bond donors (Lipinski definition) is 0. The average Bonchev–Trinajstić information content (AvgIpc) is 2.98. The molecule has 0 fully saturated rings. The Balaban J connectivity index is 2.24. The van der Waals surface area contributed by atoms with Crippen LogP contribution in [-0.4, -0.2) is 22.8 Å². The summed E-state index contributed by atoms with van der Waals surface area (Å²) in [5, 5.41) is 2.01. The van der Waals surface area contributed by atoms with Crippen molar-refractivity contribution in [3.63, 3.8) is 0 Å². The van der Waals surface area contributed by atoms with Crippen molar-refractivity contribution < 1.29 is 9.53 Å². The lowest BCUT2D eigenvalue weighted by atomic mass is 10.1. The summed E-state index contributed by atoms with van der Waals surface area (Å²) in [6.45, 7) is 0. The number of aldehydes is 1. The molecule has 5 heteroatoms. The molecule has 0 atom stereocenters. The lowest BCUT2D eigenvalue weighted by Crippen LogP contribution is -1.89. The molecular weight excluding hydrogens is 248 g/mol. The predicted octanol–water partition coefficient (Wildman–Crippen LogP) is 2.88. The second-order valence-electron chi connectivity index (χ2n) is 3.76. The quantitative estimate of drug-likeness (QED) is 0.678. The van der Waals surface area contributed by atoms with E-state index >= 15 is 0 Å². The van der Waals surface area contributed by atoms with Gasteiger partial charge in [-0.1, -0.05) is 12.1 Å². The third-order valence-corrected chi connectivity index (χ3v) is 3.57. The maximum Gasteiger partial charge on any atom is 0.194 e. The largest absolute Gasteiger partial charge is 0.496 e. The molecule has 0 amide bonds. The number of aromatic nitrogens is 2. The van der Waals surface area contributed by atoms with Gasteiger partial charge in [-0.2, -0.15) is 0 Å². The number of benzene rings is 1. The number of thiazole rings is 1. The van der Waals surface area contributed by atoms with Crippen molar-refractivity contribution in [2.45, 2.75) is 0 Å². The highest BCUT2D eigenvalue weighted by molar-refractivity contribution is 7.15. The van der Waals surface area contributed by atoms with Crippen molar-refractivity contribution in [2.24, 2.45) is 0 Å². The van der Waals surface area contributed by atoms with Gasteiger partial charge in [0.25, 0.3) is 0 Å². The van der Waals surface area contributed by atoms with Gasteiger partial charge in [-0.15, -0.1) is 11.3 Å². The zero-order valence-electron chi connectivity index (χ0n) is 9.66. The highest BCUT2D eigenvalue weighted by atomic mass is 32.1. The number of fused-ring (bicyclic) bond motifs is 1. The molecule has 3 aromatic rings. The normalized spacial score (nSPS) is 10.7. The highest BCUT2D eigenvalue weighted by Crippen LogP contribution is 2.32. The van der Waals surface area contributed by atoms with Crippen LogP contribution in [0.4, 0.5) is 0 Å². The fraction of sp³-hybridized carbons (Fsp3) is 0.0769. The first-order valence-electron chi connectivity index (χ1n) is 5.38. The molecule has 2 heterocycles. The molecule has 4 nitrogen and oxygen atoms in total. The Morgan fingerprint density at radius 2 is 2.22 bits per heavy atom. The fourth-order valence-electron chi connectivity index (χ4n) is 1.91. The van der Waals surface area contributed by atoms with E-state index in [-0.39, 0.29) is 0 Å². The van der Waals surface area contributed by atoms with E-state index in [4.69, 9.17) is 4.74 Å². The lowest BCUT2D eigenvalue weighted by molar-refractivity contribution is 0.111. The van der Waals surface area contributed by atoms with Crippen molar-refractivity contribution in [1.29, 1.82) is 0 Å². The average molecular weight is 258 g/mol. The van der Waals surface area contributed by atoms with E-state index in [1.807, 2.05) is 34.0 Å². The number of imidazole rings is 1. The Kier molecular flexibility index (Phi) is 2.60. The highest BCUT2D eigenvalue weighted by Gasteiger charge is 2.12. The maximum absolute atomic E-state index is 10.7. The van der Waals surface area contributed by atoms with Gasteiger partial charge >= 0.3 is 0 Å². The van der Waals surface area contributed by atoms with Gasteiger partial charge in [0.15, 0.2) is 11.2 Å². The van der Waals surface area contributed by atoms with E-state index in [9.17, 15) is 4.79 Å². The molecule has 0 saturated heterocycles. The van der Waals surface area contributed by atoms with Crippen LogP contribution in [0.5, 0.6) is 5.75 Å². The molecule has 0 N–H and O–H groups in total. The first-order chi connectivity index (χ1) is 8.83. The zero-order valence-corrected chi connectivity index (χ0v) is 10.5. The van der Waals surface area contributed by atoms with Crippen molar-refractivity contribution in [3.8, 4) is 17.0 Å². The summed E-state index contributed by atoms with van der Waals surface area (Å²) in [4.78, 5) is 15.8. The van der Waals surface area contributed by atoms with Crippen molar-refractivity contribution in [1.82, 2.24) is 9.38 Å². The van der Waals surface area contributed by atoms with Crippen LogP contribution in [0.1, 0.15) is 10.5 Å². The number of para-hydroxylation sites is 1. The Morgan fingerprint density at radius 1 is 1.39 bits per heavy atom. The molecule has 90 valence electrons. The van der Waals surface area contributed by atoms with Gasteiger partial charge in [0.1, 0.15) is 11.4 Å². The molecule has 2 aromatic heterocycles. The topological polar surface area (TPSA) is 43.6 Å². The van der Waals surface area contributed by atoms with Crippen molar-refractivity contribution in [3.05, 3.63) is 41.5 Å². The summed E-state index contributed by atoms with van der Waals surface area (Å²) >= 11 is 1.50. The van der Waals surface area contributed by atoms with Gasteiger partial charge in [0.05, 0.1) is 12.8 Å². The summed E-state index contributed by atoms with van der Waals surface area (Å²) in [5.74, 6) is 0.804. The fourth-order valence-corrected chi connectivity index (χ4v) is 2.79. The monoisotopic (exact) mass is 258 g/mol. The first-order valence-corrected chi connectivity index (χ1v) is 6.26. The van der Waals surface area contributed by atoms with Crippen LogP contribution in [0.3, 0.4) is 0 Å². The van der Waals surface area contributed by atoms with Crippen LogP contribution in [0, 0.1) is 0 Å². The summed E-state index contributed by atoms with van der Waals surface area (Å²) in [6, 6.07) is 7.78. The molecule has 1 aromatic carbocycles. The number of rotatable bonds is 3. The molecule has 0 aliphatic heterocycles. The first kappa shape index (κ1) is 11.0. The van der Waals surface area contributed by atoms with E-state index < -0.39 is 0 Å². The van der Waals surface area contributed by atoms with E-state index in [1.165, 1.54) is 11.3 Å². The summed E-state index contributed by atoms with van der Waals surface area (Å²) in [6.07, 6.45) is 2.49. The molecular formula is C13H10N2O2S. The Morgan fingerprint density at radius 3 is 3.00 bits per heavy atom. The van der Waals surface area contributed by atoms with Crippen LogP contribution >= 0.6 is 11.3 Å². The third-order valence-electron chi connectivity index (χ3n) is 2.73. The molecule has 0 bridgehead atoms. The van der Waals surface area contributed by atoms with Gasteiger partial charge in [0.2, 0.25) is 0 Å². The molecule has 3 rings (SSSR count). The van der Waals surface area contributed by atoms with Gasteiger partial charge in [-0.25, -0.2) is 4.98 Å². The molecule has 0 saturated carbocycles. The summed E-state index contributed by atoms with van der Waals surface area (Å²) < 4.78 is 7.26. The summed E-state index contributed by atoms with van der Waals surface area (Å²) in [5.41, 5.74) is 2.41. The van der Waals surface area contributed by atoms with Crippen molar-refractivity contribution >= 4 is 22.6 Å². The van der Waals surface area contributed by atoms with Gasteiger partial charge in [0, 0.05) is 17.1 Å². The Labute approximate surface area is 107 Å². The molecule has 18 heavy (non-hydrogen) atoms. The number of hydrogen-bond acceptors (Lipinski definition) is 4. The van der Waals surface area contributed by atoms with E-state index in [0.29, 0.717) is 5.69 Å². The van der Waals surface area contributed by atoms with Crippen molar-refractivity contribution in [2.75, 3.05) is 7.11 Å². The molecule has 0 spiro atoms. The number of carbonyl (C=O) groups excluding carboxylic acids is 1. The molecule has 0 aliphatic rings. The van der Waals surface area contributed by atoms with Gasteiger partial charge < -0.3 is 4.74 Å². The summed E-state index contributed by atoms with van der Waals surface area (Å²) in [7, 11) is 1.65. The van der Waals surface area contributed by atoms with Crippen LogP contribution in [-0.2, 0) is 0 Å². The zero-order chi connectivity index (χ0) is 12.5. The van der Waals surface area contributed by atoms with Crippen LogP contribution in [0.15, 0.2) is 35.8 Å². The van der Waals surface area contributed by atoms with Gasteiger partial charge in [-0.05, 0) is 12.1 Å². The lowest BCUT2D eigenvalue weighted by Gasteiger charge is -2.06. The minimum atomic E-state index is 0.443. The Bertz CT molecular complexity index is 715. The minimum absolute atomic E-state index is 0.443. The predicted molar refractivity (Wildman–Crippen MR) is 70.4 cm³/mol. The molecule has 0 radical (unpaired) electrons. The minimum Gasteiger partial charge on any atom is -0.496 e. The third kappa shape index (κ3) is 1.60. The SMILES string of the molecule is COc1ccccc1-c1csc2nc(C=O)cn12. The van der Waals surface area contributed by atoms with Crippen LogP contribution in [0.2, 0.25) is 0 Å². The van der Waals surface area contributed by atoms with E-state index in [0.717, 1.165) is 28.3 Å². The van der Waals surface area contributed by atoms with Crippen LogP contribution < -0.4 is 4.74 Å². The number of methoxy groups -OCH3 is 1. The number of nitrogens with zero attached hydrogens (tertiary/aromatic N) is 2. The van der Waals surface area contributed by atoms with Crippen LogP contribution in [0.25, 0.3) is 16.2 Å². The Hall–Kier alpha value is -2.14. The van der Waals surface area contributed by atoms with E-state index in [1.54, 1.807) is 13.3 Å². The molecule has 0 unspecified atom stereocenters. The maximum atomic E-state index is 10.7. The number of ether oxygens (including phenoxy) is 1.